The molecular formula is C28H30N4O2. The van der Waals surface area contributed by atoms with Crippen molar-refractivity contribution in [3.63, 3.8) is 0 Å². The fourth-order valence-electron chi connectivity index (χ4n) is 4.60. The standard InChI is InChI=1S/C28H30N4O2/c1-30(2)22-13-14-32(17-22)27-12-9-21(16-29-27)25-18-31(3)26-15-23(10-11-24(26)28(25)33)34-19-20-7-5-4-6-8-20/h4-12,15-16,18,22H,13-14,17,19H2,1-3H3. The van der Waals surface area contributed by atoms with Crippen LogP contribution in [0.1, 0.15) is 12.0 Å². The smallest absolute Gasteiger partial charge is 0.197 e. The molecule has 2 aromatic heterocycles. The highest BCUT2D eigenvalue weighted by molar-refractivity contribution is 5.85. The average molecular weight is 455 g/mol. The number of ether oxygens (including phenoxy) is 1. The van der Waals surface area contributed by atoms with Gasteiger partial charge in [0.2, 0.25) is 0 Å². The zero-order valence-corrected chi connectivity index (χ0v) is 19.9. The first-order chi connectivity index (χ1) is 16.5. The molecule has 2 aromatic carbocycles. The molecule has 6 nitrogen and oxygen atoms in total. The average Bonchev–Trinajstić information content (AvgIpc) is 3.36. The third-order valence-electron chi connectivity index (χ3n) is 6.69. The highest BCUT2D eigenvalue weighted by Crippen LogP contribution is 2.25. The Kier molecular flexibility index (Phi) is 6.07. The SMILES string of the molecule is CN(C)C1CCN(c2ccc(-c3cn(C)c4cc(OCc5ccccc5)ccc4c3=O)cn2)C1. The van der Waals surface area contributed by atoms with E-state index in [1.54, 1.807) is 0 Å². The van der Waals surface area contributed by atoms with Crippen LogP contribution >= 0.6 is 0 Å². The molecule has 5 rings (SSSR count). The van der Waals surface area contributed by atoms with Gasteiger partial charge >= 0.3 is 0 Å². The van der Waals surface area contributed by atoms with Crippen LogP contribution in [-0.2, 0) is 13.7 Å². The minimum atomic E-state index is 0.00565. The van der Waals surface area contributed by atoms with E-state index >= 15 is 0 Å². The van der Waals surface area contributed by atoms with E-state index in [1.165, 1.54) is 0 Å². The fourth-order valence-corrected chi connectivity index (χ4v) is 4.60. The van der Waals surface area contributed by atoms with Crippen molar-refractivity contribution in [3.05, 3.63) is 88.8 Å². The number of benzene rings is 2. The summed E-state index contributed by atoms with van der Waals surface area (Å²) >= 11 is 0. The van der Waals surface area contributed by atoms with Gasteiger partial charge in [0.05, 0.1) is 5.52 Å². The number of rotatable bonds is 6. The summed E-state index contributed by atoms with van der Waals surface area (Å²) in [5.74, 6) is 1.71. The summed E-state index contributed by atoms with van der Waals surface area (Å²) in [5.41, 5.74) is 3.44. The highest BCUT2D eigenvalue weighted by atomic mass is 16.5. The molecule has 34 heavy (non-hydrogen) atoms. The Hall–Kier alpha value is -3.64. The van der Waals surface area contributed by atoms with Crippen LogP contribution in [0.5, 0.6) is 5.75 Å². The Morgan fingerprint density at radius 1 is 1.09 bits per heavy atom. The molecular weight excluding hydrogens is 424 g/mol. The maximum absolute atomic E-state index is 13.3. The van der Waals surface area contributed by atoms with E-state index in [9.17, 15) is 4.79 Å². The molecule has 174 valence electrons. The predicted octanol–water partition coefficient (Wildman–Crippen LogP) is 4.32. The van der Waals surface area contributed by atoms with Crippen LogP contribution in [0.3, 0.4) is 0 Å². The van der Waals surface area contributed by atoms with Crippen LogP contribution in [0.25, 0.3) is 22.0 Å². The van der Waals surface area contributed by atoms with Crippen LogP contribution in [0.4, 0.5) is 5.82 Å². The lowest BCUT2D eigenvalue weighted by Crippen LogP contribution is -2.31. The normalized spacial score (nSPS) is 15.9. The van der Waals surface area contributed by atoms with Crippen molar-refractivity contribution in [3.8, 4) is 16.9 Å². The van der Waals surface area contributed by atoms with Gasteiger partial charge in [-0.3, -0.25) is 4.79 Å². The largest absolute Gasteiger partial charge is 0.489 e. The number of hydrogen-bond acceptors (Lipinski definition) is 5. The van der Waals surface area contributed by atoms with E-state index in [2.05, 4.69) is 28.9 Å². The molecule has 0 N–H and O–H groups in total. The topological polar surface area (TPSA) is 50.6 Å². The van der Waals surface area contributed by atoms with E-state index in [4.69, 9.17) is 4.74 Å². The molecule has 4 aromatic rings. The third-order valence-corrected chi connectivity index (χ3v) is 6.69. The predicted molar refractivity (Wildman–Crippen MR) is 137 cm³/mol. The van der Waals surface area contributed by atoms with Crippen molar-refractivity contribution in [1.82, 2.24) is 14.5 Å². The van der Waals surface area contributed by atoms with Gasteiger partial charge in [-0.2, -0.15) is 0 Å². The number of nitrogens with zero attached hydrogens (tertiary/aromatic N) is 4. The lowest BCUT2D eigenvalue weighted by atomic mass is 10.1. The first kappa shape index (κ1) is 22.2. The zero-order chi connectivity index (χ0) is 23.7. The molecule has 1 aliphatic rings. The zero-order valence-electron chi connectivity index (χ0n) is 19.9. The van der Waals surface area contributed by atoms with Gasteiger partial charge in [-0.15, -0.1) is 0 Å². The number of hydrogen-bond donors (Lipinski definition) is 0. The van der Waals surface area contributed by atoms with E-state index in [0.29, 0.717) is 23.6 Å². The van der Waals surface area contributed by atoms with E-state index in [1.807, 2.05) is 84.7 Å². The lowest BCUT2D eigenvalue weighted by Gasteiger charge is -2.21. The molecule has 0 spiro atoms. The van der Waals surface area contributed by atoms with Crippen LogP contribution < -0.4 is 15.1 Å². The van der Waals surface area contributed by atoms with Crippen molar-refractivity contribution in [2.24, 2.45) is 7.05 Å². The quantitative estimate of drug-likeness (QED) is 0.434. The van der Waals surface area contributed by atoms with Crippen molar-refractivity contribution in [2.75, 3.05) is 32.1 Å². The highest BCUT2D eigenvalue weighted by Gasteiger charge is 2.24. The van der Waals surface area contributed by atoms with Crippen molar-refractivity contribution in [1.29, 1.82) is 0 Å². The van der Waals surface area contributed by atoms with Crippen molar-refractivity contribution in [2.45, 2.75) is 19.1 Å². The Morgan fingerprint density at radius 3 is 2.62 bits per heavy atom. The van der Waals surface area contributed by atoms with Gasteiger partial charge in [-0.1, -0.05) is 30.3 Å². The lowest BCUT2D eigenvalue weighted by molar-refractivity contribution is 0.306. The Balaban J connectivity index is 1.39. The van der Waals surface area contributed by atoms with Crippen molar-refractivity contribution >= 4 is 16.7 Å². The Morgan fingerprint density at radius 2 is 1.91 bits per heavy atom. The molecule has 3 heterocycles. The summed E-state index contributed by atoms with van der Waals surface area (Å²) < 4.78 is 7.94. The molecule has 1 fully saturated rings. The Labute approximate surface area is 200 Å². The fraction of sp³-hybridized carbons (Fsp3) is 0.286. The number of aryl methyl sites for hydroxylation is 1. The second kappa shape index (κ2) is 9.31. The summed E-state index contributed by atoms with van der Waals surface area (Å²) in [7, 11) is 6.21. The van der Waals surface area contributed by atoms with Crippen LogP contribution in [0, 0.1) is 0 Å². The van der Waals surface area contributed by atoms with Gasteiger partial charge in [0.1, 0.15) is 18.2 Å². The van der Waals surface area contributed by atoms with Crippen LogP contribution in [-0.4, -0.2) is 47.7 Å². The second-order valence-corrected chi connectivity index (χ2v) is 9.19. The number of anilines is 1. The van der Waals surface area contributed by atoms with Gasteiger partial charge in [0, 0.05) is 61.2 Å². The molecule has 0 aliphatic carbocycles. The molecule has 0 bridgehead atoms. The maximum atomic E-state index is 13.3. The molecule has 6 heteroatoms. The second-order valence-electron chi connectivity index (χ2n) is 9.19. The molecule has 0 radical (unpaired) electrons. The van der Waals surface area contributed by atoms with Crippen molar-refractivity contribution < 1.29 is 4.74 Å². The monoisotopic (exact) mass is 454 g/mol. The first-order valence-corrected chi connectivity index (χ1v) is 11.7. The number of aromatic nitrogens is 2. The number of pyridine rings is 2. The number of likely N-dealkylation sites (N-methyl/N-ethyl adjacent to an activating group) is 1. The molecule has 0 saturated carbocycles. The van der Waals surface area contributed by atoms with Crippen LogP contribution in [0.15, 0.2) is 77.9 Å². The summed E-state index contributed by atoms with van der Waals surface area (Å²) in [4.78, 5) is 22.6. The minimum absolute atomic E-state index is 0.00565. The molecule has 0 amide bonds. The van der Waals surface area contributed by atoms with E-state index in [0.717, 1.165) is 47.7 Å². The molecule has 1 aliphatic heterocycles. The minimum Gasteiger partial charge on any atom is -0.489 e. The molecule has 1 unspecified atom stereocenters. The van der Waals surface area contributed by atoms with E-state index < -0.39 is 0 Å². The van der Waals surface area contributed by atoms with Gasteiger partial charge in [-0.05, 0) is 50.3 Å². The molecule has 1 atom stereocenters. The first-order valence-electron chi connectivity index (χ1n) is 11.7. The van der Waals surface area contributed by atoms with Gasteiger partial charge in [-0.25, -0.2) is 4.98 Å². The summed E-state index contributed by atoms with van der Waals surface area (Å²) in [6.45, 7) is 2.47. The summed E-state index contributed by atoms with van der Waals surface area (Å²) in [5, 5.41) is 0.671. The maximum Gasteiger partial charge on any atom is 0.197 e. The number of fused-ring (bicyclic) bond motifs is 1. The van der Waals surface area contributed by atoms with Gasteiger partial charge in [0.15, 0.2) is 5.43 Å². The van der Waals surface area contributed by atoms with Crippen LogP contribution in [0.2, 0.25) is 0 Å². The molecule has 1 saturated heterocycles. The van der Waals surface area contributed by atoms with Gasteiger partial charge in [0.25, 0.3) is 0 Å². The van der Waals surface area contributed by atoms with Gasteiger partial charge < -0.3 is 19.1 Å². The third kappa shape index (κ3) is 4.41. The summed E-state index contributed by atoms with van der Waals surface area (Å²) in [6.07, 6.45) is 4.84. The summed E-state index contributed by atoms with van der Waals surface area (Å²) in [6, 6.07) is 20.3. The Bertz CT molecular complexity index is 1350. The van der Waals surface area contributed by atoms with E-state index in [-0.39, 0.29) is 5.43 Å².